The van der Waals surface area contributed by atoms with Crippen LogP contribution in [0, 0.1) is 11.8 Å². The molecule has 7 heteroatoms. The predicted molar refractivity (Wildman–Crippen MR) is 112 cm³/mol. The number of methoxy groups -OCH3 is 1. The number of alkyl halides is 2. The van der Waals surface area contributed by atoms with Gasteiger partial charge in [0.05, 0.1) is 7.11 Å². The molecule has 0 radical (unpaired) electrons. The summed E-state index contributed by atoms with van der Waals surface area (Å²) in [6, 6.07) is 0. The van der Waals surface area contributed by atoms with Crippen molar-refractivity contribution in [2.24, 2.45) is 11.8 Å². The fraction of sp³-hybridized carbons (Fsp3) is 0.773. The highest BCUT2D eigenvalue weighted by molar-refractivity contribution is 7.81. The Morgan fingerprint density at radius 2 is 1.93 bits per heavy atom. The van der Waals surface area contributed by atoms with E-state index < -0.39 is 18.1 Å². The molecular formula is C22H34F2O4S. The number of esters is 1. The van der Waals surface area contributed by atoms with Crippen LogP contribution >= 0.6 is 12.6 Å². The van der Waals surface area contributed by atoms with Crippen molar-refractivity contribution < 1.29 is 27.9 Å². The number of allylic oxidation sites excluding steroid dienone is 2. The van der Waals surface area contributed by atoms with Gasteiger partial charge in [0.25, 0.3) is 0 Å². The largest absolute Gasteiger partial charge is 0.469 e. The summed E-state index contributed by atoms with van der Waals surface area (Å²) in [6.45, 7) is 1.81. The van der Waals surface area contributed by atoms with Gasteiger partial charge in [-0.15, -0.1) is 0 Å². The Labute approximate surface area is 178 Å². The van der Waals surface area contributed by atoms with Crippen molar-refractivity contribution in [3.8, 4) is 0 Å². The number of ketones is 2. The Balaban J connectivity index is 2.46. The third-order valence-corrected chi connectivity index (χ3v) is 6.14. The van der Waals surface area contributed by atoms with Gasteiger partial charge in [0, 0.05) is 36.9 Å². The number of hydrogen-bond donors (Lipinski definition) is 1. The molecule has 1 aliphatic rings. The monoisotopic (exact) mass is 432 g/mol. The van der Waals surface area contributed by atoms with Crippen LogP contribution in [0.25, 0.3) is 0 Å². The maximum absolute atomic E-state index is 13.9. The van der Waals surface area contributed by atoms with E-state index in [2.05, 4.69) is 17.4 Å². The van der Waals surface area contributed by atoms with Crippen LogP contribution in [0.15, 0.2) is 12.2 Å². The number of halogens is 2. The molecule has 3 atom stereocenters. The first kappa shape index (κ1) is 25.8. The number of Topliss-reactive ketones (excluding diaryl/α,β-unsaturated/α-hetero) is 2. The van der Waals surface area contributed by atoms with Crippen molar-refractivity contribution in [1.82, 2.24) is 0 Å². The molecule has 1 saturated carbocycles. The van der Waals surface area contributed by atoms with Gasteiger partial charge in [0.2, 0.25) is 5.78 Å². The van der Waals surface area contributed by atoms with Crippen molar-refractivity contribution >= 4 is 30.2 Å². The van der Waals surface area contributed by atoms with Crippen LogP contribution in [0.2, 0.25) is 0 Å². The molecule has 1 fully saturated rings. The van der Waals surface area contributed by atoms with Crippen LogP contribution in [-0.2, 0) is 19.1 Å². The Morgan fingerprint density at radius 3 is 2.59 bits per heavy atom. The molecular weight excluding hydrogens is 398 g/mol. The lowest BCUT2D eigenvalue weighted by Crippen LogP contribution is -2.30. The van der Waals surface area contributed by atoms with Crippen molar-refractivity contribution in [1.29, 1.82) is 0 Å². The number of unbranched alkanes of at least 4 members (excludes halogenated alkanes) is 3. The van der Waals surface area contributed by atoms with Gasteiger partial charge in [-0.3, -0.25) is 14.4 Å². The minimum atomic E-state index is -3.27. The molecule has 1 aliphatic carbocycles. The van der Waals surface area contributed by atoms with Crippen molar-refractivity contribution in [3.63, 3.8) is 0 Å². The van der Waals surface area contributed by atoms with Gasteiger partial charge in [-0.05, 0) is 44.4 Å². The van der Waals surface area contributed by atoms with Crippen molar-refractivity contribution in [2.75, 3.05) is 7.11 Å². The standard InChI is InChI=1S/C22H34F2O4S/c1-3-4-14-22(23,24)20(26)13-12-17-16(18(25)15-19(17)29)10-8-6-5-7-9-11-21(27)28-2/h6,8,16-17,19,29H,3-5,7,9-15H2,1-2H3/b8-6-/t16?,17-,19-/m1/s1. The highest BCUT2D eigenvalue weighted by atomic mass is 32.1. The first-order valence-electron chi connectivity index (χ1n) is 10.6. The molecule has 29 heavy (non-hydrogen) atoms. The summed E-state index contributed by atoms with van der Waals surface area (Å²) in [5, 5.41) is -0.182. The Bertz CT molecular complexity index is 577. The van der Waals surface area contributed by atoms with Gasteiger partial charge < -0.3 is 4.74 Å². The van der Waals surface area contributed by atoms with Gasteiger partial charge in [0.15, 0.2) is 0 Å². The summed E-state index contributed by atoms with van der Waals surface area (Å²) in [7, 11) is 1.37. The normalized spacial score (nSPS) is 22.4. The third-order valence-electron chi connectivity index (χ3n) is 5.58. The topological polar surface area (TPSA) is 60.4 Å². The molecule has 0 aromatic carbocycles. The number of thiol groups is 1. The number of ether oxygens (including phenoxy) is 1. The van der Waals surface area contributed by atoms with Crippen LogP contribution in [0.3, 0.4) is 0 Å². The molecule has 4 nitrogen and oxygen atoms in total. The summed E-state index contributed by atoms with van der Waals surface area (Å²) in [5.41, 5.74) is 0. The zero-order chi connectivity index (χ0) is 21.9. The van der Waals surface area contributed by atoms with E-state index in [-0.39, 0.29) is 41.7 Å². The maximum Gasteiger partial charge on any atom is 0.305 e. The average Bonchev–Trinajstić information content (AvgIpc) is 2.95. The second kappa shape index (κ2) is 13.1. The van der Waals surface area contributed by atoms with Gasteiger partial charge in [-0.1, -0.05) is 25.5 Å². The molecule has 0 N–H and O–H groups in total. The summed E-state index contributed by atoms with van der Waals surface area (Å²) in [5.74, 6) is -4.84. The highest BCUT2D eigenvalue weighted by Gasteiger charge is 2.42. The van der Waals surface area contributed by atoms with E-state index in [1.165, 1.54) is 7.11 Å². The lowest BCUT2D eigenvalue weighted by Gasteiger charge is -2.21. The fourth-order valence-electron chi connectivity index (χ4n) is 3.73. The Hall–Kier alpha value is -1.24. The number of rotatable bonds is 14. The van der Waals surface area contributed by atoms with Crippen LogP contribution in [0.5, 0.6) is 0 Å². The van der Waals surface area contributed by atoms with Gasteiger partial charge in [-0.25, -0.2) is 0 Å². The van der Waals surface area contributed by atoms with E-state index in [9.17, 15) is 23.2 Å². The lowest BCUT2D eigenvalue weighted by molar-refractivity contribution is -0.144. The highest BCUT2D eigenvalue weighted by Crippen LogP contribution is 2.39. The van der Waals surface area contributed by atoms with Gasteiger partial charge in [0.1, 0.15) is 5.78 Å². The van der Waals surface area contributed by atoms with Crippen molar-refractivity contribution in [2.45, 2.75) is 88.7 Å². The number of hydrogen-bond acceptors (Lipinski definition) is 5. The van der Waals surface area contributed by atoms with E-state index in [1.54, 1.807) is 0 Å². The molecule has 0 spiro atoms. The molecule has 0 saturated heterocycles. The summed E-state index contributed by atoms with van der Waals surface area (Å²) in [4.78, 5) is 35.3. The molecule has 1 unspecified atom stereocenters. The number of carbonyl (C=O) groups is 3. The molecule has 0 aromatic rings. The molecule has 0 aliphatic heterocycles. The Kier molecular flexibility index (Phi) is 11.7. The summed E-state index contributed by atoms with van der Waals surface area (Å²) in [6.07, 6.45) is 8.19. The summed E-state index contributed by atoms with van der Waals surface area (Å²) >= 11 is 4.47. The summed E-state index contributed by atoms with van der Waals surface area (Å²) < 4.78 is 32.4. The quantitative estimate of drug-likeness (QED) is 0.174. The zero-order valence-corrected chi connectivity index (χ0v) is 18.4. The lowest BCUT2D eigenvalue weighted by atomic mass is 9.86. The van der Waals surface area contributed by atoms with Gasteiger partial charge in [-0.2, -0.15) is 21.4 Å². The van der Waals surface area contributed by atoms with E-state index in [4.69, 9.17) is 0 Å². The van der Waals surface area contributed by atoms with E-state index >= 15 is 0 Å². The maximum atomic E-state index is 13.9. The minimum Gasteiger partial charge on any atom is -0.469 e. The first-order valence-corrected chi connectivity index (χ1v) is 11.1. The molecule has 0 bridgehead atoms. The van der Waals surface area contributed by atoms with Crippen LogP contribution in [-0.4, -0.2) is 35.8 Å². The molecule has 0 aromatic heterocycles. The predicted octanol–water partition coefficient (Wildman–Crippen LogP) is 5.34. The third kappa shape index (κ3) is 8.97. The molecule has 1 rings (SSSR count). The first-order chi connectivity index (χ1) is 13.7. The number of carbonyl (C=O) groups excluding carboxylic acids is 3. The SMILES string of the molecule is CCCCC(F)(F)C(=O)CC[C@@H]1C(C/C=C\CCCCC(=O)OC)C(=O)C[C@H]1S. The fourth-order valence-corrected chi connectivity index (χ4v) is 4.27. The van der Waals surface area contributed by atoms with Gasteiger partial charge >= 0.3 is 11.9 Å². The second-order valence-corrected chi connectivity index (χ2v) is 8.47. The second-order valence-electron chi connectivity index (χ2n) is 7.81. The van der Waals surface area contributed by atoms with Crippen LogP contribution in [0.4, 0.5) is 8.78 Å². The Morgan fingerprint density at radius 1 is 1.21 bits per heavy atom. The van der Waals surface area contributed by atoms with Crippen LogP contribution < -0.4 is 0 Å². The van der Waals surface area contributed by atoms with E-state index in [1.807, 2.05) is 19.1 Å². The molecule has 0 heterocycles. The van der Waals surface area contributed by atoms with E-state index in [0.717, 1.165) is 19.3 Å². The average molecular weight is 433 g/mol. The zero-order valence-electron chi connectivity index (χ0n) is 17.5. The molecule has 0 amide bonds. The van der Waals surface area contributed by atoms with E-state index in [0.29, 0.717) is 32.1 Å². The van der Waals surface area contributed by atoms with Crippen LogP contribution in [0.1, 0.15) is 77.6 Å². The van der Waals surface area contributed by atoms with Crippen molar-refractivity contribution in [3.05, 3.63) is 12.2 Å². The minimum absolute atomic E-state index is 0.0931. The molecule has 166 valence electrons. The smallest absolute Gasteiger partial charge is 0.305 e.